The maximum absolute atomic E-state index is 11.6. The highest BCUT2D eigenvalue weighted by Crippen LogP contribution is 2.26. The Bertz CT molecular complexity index is 622. The maximum Gasteiger partial charge on any atom is 0.315 e. The first kappa shape index (κ1) is 18.0. The van der Waals surface area contributed by atoms with E-state index in [-0.39, 0.29) is 12.5 Å². The van der Waals surface area contributed by atoms with Crippen molar-refractivity contribution in [3.63, 3.8) is 0 Å². The summed E-state index contributed by atoms with van der Waals surface area (Å²) in [6, 6.07) is 16.4. The Balaban J connectivity index is 1.98. The number of aliphatic carboxylic acids is 1. The molecule has 2 aromatic carbocycles. The molecule has 0 aliphatic carbocycles. The van der Waals surface area contributed by atoms with Crippen LogP contribution in [0.2, 0.25) is 0 Å². The van der Waals surface area contributed by atoms with Crippen molar-refractivity contribution in [1.82, 2.24) is 0 Å². The first-order chi connectivity index (χ1) is 11.6. The number of rotatable bonds is 9. The minimum absolute atomic E-state index is 0.199. The van der Waals surface area contributed by atoms with E-state index in [1.807, 2.05) is 49.4 Å². The summed E-state index contributed by atoms with van der Waals surface area (Å²) in [5, 5.41) is 18.5. The summed E-state index contributed by atoms with van der Waals surface area (Å²) in [6.07, 6.45) is 1.80. The number of carboxylic acid groups (broad SMARTS) is 1. The summed E-state index contributed by atoms with van der Waals surface area (Å²) in [5.41, 5.74) is 1.49. The molecule has 128 valence electrons. The molecular formula is C20H24O4. The monoisotopic (exact) mass is 328 g/mol. The normalized spacial score (nSPS) is 13.2. The van der Waals surface area contributed by atoms with E-state index in [1.165, 1.54) is 0 Å². The van der Waals surface area contributed by atoms with Crippen molar-refractivity contribution in [3.05, 3.63) is 65.7 Å². The molecule has 0 radical (unpaired) electrons. The lowest BCUT2D eigenvalue weighted by atomic mass is 9.91. The van der Waals surface area contributed by atoms with Crippen LogP contribution >= 0.6 is 0 Å². The van der Waals surface area contributed by atoms with Gasteiger partial charge in [0.25, 0.3) is 0 Å². The molecule has 4 heteroatoms. The minimum Gasteiger partial charge on any atom is -0.494 e. The fourth-order valence-electron chi connectivity index (χ4n) is 2.59. The molecule has 2 unspecified atom stereocenters. The molecule has 2 aromatic rings. The maximum atomic E-state index is 11.6. The van der Waals surface area contributed by atoms with E-state index in [0.717, 1.165) is 29.7 Å². The van der Waals surface area contributed by atoms with Gasteiger partial charge in [-0.2, -0.15) is 0 Å². The molecule has 0 fully saturated rings. The Morgan fingerprint density at radius 3 is 2.25 bits per heavy atom. The number of ether oxygens (including phenoxy) is 1. The molecule has 4 nitrogen and oxygen atoms in total. The Hall–Kier alpha value is -2.33. The summed E-state index contributed by atoms with van der Waals surface area (Å²) < 4.78 is 5.67. The molecule has 0 bridgehead atoms. The second kappa shape index (κ2) is 9.08. The molecule has 0 saturated carbocycles. The third-order valence-electron chi connectivity index (χ3n) is 4.01. The van der Waals surface area contributed by atoms with Gasteiger partial charge in [-0.1, -0.05) is 49.4 Å². The number of hydrogen-bond acceptors (Lipinski definition) is 3. The van der Waals surface area contributed by atoms with E-state index in [9.17, 15) is 9.90 Å². The van der Waals surface area contributed by atoms with Gasteiger partial charge in [0.1, 0.15) is 11.7 Å². The molecule has 24 heavy (non-hydrogen) atoms. The Morgan fingerprint density at radius 2 is 1.67 bits per heavy atom. The van der Waals surface area contributed by atoms with Crippen LogP contribution in [-0.2, 0) is 4.79 Å². The number of carboxylic acids is 1. The van der Waals surface area contributed by atoms with Crippen LogP contribution in [0.25, 0.3) is 0 Å². The van der Waals surface area contributed by atoms with Crippen LogP contribution in [0.3, 0.4) is 0 Å². The third kappa shape index (κ3) is 5.10. The van der Waals surface area contributed by atoms with Gasteiger partial charge in [0.05, 0.1) is 6.61 Å². The SMILES string of the molecule is CC(CO)CCCOc1ccc(C(C(=O)O)c2ccccc2)cc1. The van der Waals surface area contributed by atoms with Gasteiger partial charge < -0.3 is 14.9 Å². The third-order valence-corrected chi connectivity index (χ3v) is 4.01. The summed E-state index contributed by atoms with van der Waals surface area (Å²) >= 11 is 0. The largest absolute Gasteiger partial charge is 0.494 e. The molecular weight excluding hydrogens is 304 g/mol. The van der Waals surface area contributed by atoms with Gasteiger partial charge in [-0.3, -0.25) is 4.79 Å². The predicted octanol–water partition coefficient (Wildman–Crippen LogP) is 3.69. The molecule has 0 heterocycles. The van der Waals surface area contributed by atoms with Crippen molar-refractivity contribution in [2.45, 2.75) is 25.7 Å². The summed E-state index contributed by atoms with van der Waals surface area (Å²) in [6.45, 7) is 2.79. The number of carbonyl (C=O) groups is 1. The highest BCUT2D eigenvalue weighted by Gasteiger charge is 2.21. The second-order valence-corrected chi connectivity index (χ2v) is 6.03. The standard InChI is InChI=1S/C20H24O4/c1-15(14-21)6-5-13-24-18-11-9-17(10-12-18)19(20(22)23)16-7-3-2-4-8-16/h2-4,7-12,15,19,21H,5-6,13-14H2,1H3,(H,22,23). The van der Waals surface area contributed by atoms with E-state index in [4.69, 9.17) is 9.84 Å². The van der Waals surface area contributed by atoms with Crippen LogP contribution < -0.4 is 4.74 Å². The van der Waals surface area contributed by atoms with Crippen molar-refractivity contribution < 1.29 is 19.7 Å². The van der Waals surface area contributed by atoms with Gasteiger partial charge in [-0.15, -0.1) is 0 Å². The predicted molar refractivity (Wildman–Crippen MR) is 93.3 cm³/mol. The molecule has 0 amide bonds. The summed E-state index contributed by atoms with van der Waals surface area (Å²) in [5.74, 6) is -0.524. The molecule has 0 aliphatic heterocycles. The topological polar surface area (TPSA) is 66.8 Å². The zero-order valence-electron chi connectivity index (χ0n) is 13.9. The second-order valence-electron chi connectivity index (χ2n) is 6.03. The van der Waals surface area contributed by atoms with Crippen LogP contribution in [0.4, 0.5) is 0 Å². The smallest absolute Gasteiger partial charge is 0.315 e. The van der Waals surface area contributed by atoms with E-state index >= 15 is 0 Å². The Morgan fingerprint density at radius 1 is 1.04 bits per heavy atom. The Labute approximate surface area is 142 Å². The average molecular weight is 328 g/mol. The number of aliphatic hydroxyl groups is 1. The van der Waals surface area contributed by atoms with Crippen molar-refractivity contribution in [2.24, 2.45) is 5.92 Å². The molecule has 0 spiro atoms. The van der Waals surface area contributed by atoms with Crippen molar-refractivity contribution in [2.75, 3.05) is 13.2 Å². The van der Waals surface area contributed by atoms with Gasteiger partial charge in [-0.25, -0.2) is 0 Å². The summed E-state index contributed by atoms with van der Waals surface area (Å²) in [4.78, 5) is 11.6. The Kier molecular flexibility index (Phi) is 6.82. The minimum atomic E-state index is -0.868. The van der Waals surface area contributed by atoms with Crippen LogP contribution in [0.5, 0.6) is 5.75 Å². The van der Waals surface area contributed by atoms with E-state index in [2.05, 4.69) is 0 Å². The first-order valence-corrected chi connectivity index (χ1v) is 8.23. The van der Waals surface area contributed by atoms with Crippen LogP contribution in [0, 0.1) is 5.92 Å². The van der Waals surface area contributed by atoms with Gasteiger partial charge in [0, 0.05) is 6.61 Å². The lowest BCUT2D eigenvalue weighted by Crippen LogP contribution is -2.13. The lowest BCUT2D eigenvalue weighted by molar-refractivity contribution is -0.137. The van der Waals surface area contributed by atoms with Crippen LogP contribution in [0.1, 0.15) is 36.8 Å². The van der Waals surface area contributed by atoms with Gasteiger partial charge in [0.15, 0.2) is 0 Å². The van der Waals surface area contributed by atoms with Crippen LogP contribution in [-0.4, -0.2) is 29.4 Å². The van der Waals surface area contributed by atoms with Gasteiger partial charge in [0.2, 0.25) is 0 Å². The van der Waals surface area contributed by atoms with E-state index in [1.54, 1.807) is 12.1 Å². The highest BCUT2D eigenvalue weighted by atomic mass is 16.5. The lowest BCUT2D eigenvalue weighted by Gasteiger charge is -2.14. The van der Waals surface area contributed by atoms with E-state index < -0.39 is 11.9 Å². The highest BCUT2D eigenvalue weighted by molar-refractivity contribution is 5.80. The molecule has 2 rings (SSSR count). The zero-order valence-corrected chi connectivity index (χ0v) is 13.9. The molecule has 0 aliphatic rings. The van der Waals surface area contributed by atoms with Crippen molar-refractivity contribution in [3.8, 4) is 5.75 Å². The fraction of sp³-hybridized carbons (Fsp3) is 0.350. The quantitative estimate of drug-likeness (QED) is 0.689. The molecule has 2 N–H and O–H groups in total. The first-order valence-electron chi connectivity index (χ1n) is 8.23. The van der Waals surface area contributed by atoms with Gasteiger partial charge in [-0.05, 0) is 42.0 Å². The van der Waals surface area contributed by atoms with Crippen molar-refractivity contribution in [1.29, 1.82) is 0 Å². The average Bonchev–Trinajstić information content (AvgIpc) is 2.60. The number of aliphatic hydroxyl groups excluding tert-OH is 1. The van der Waals surface area contributed by atoms with Crippen molar-refractivity contribution >= 4 is 5.97 Å². The fourth-order valence-corrected chi connectivity index (χ4v) is 2.59. The summed E-state index contributed by atoms with van der Waals surface area (Å²) in [7, 11) is 0. The zero-order chi connectivity index (χ0) is 17.4. The van der Waals surface area contributed by atoms with Crippen LogP contribution in [0.15, 0.2) is 54.6 Å². The number of benzene rings is 2. The van der Waals surface area contributed by atoms with E-state index in [0.29, 0.717) is 6.61 Å². The molecule has 0 aromatic heterocycles. The molecule has 2 atom stereocenters. The molecule has 0 saturated heterocycles. The van der Waals surface area contributed by atoms with Gasteiger partial charge >= 0.3 is 5.97 Å². The number of hydrogen-bond donors (Lipinski definition) is 2.